The third kappa shape index (κ3) is 7.53. The van der Waals surface area contributed by atoms with Crippen molar-refractivity contribution in [3.63, 3.8) is 0 Å². The number of amides is 3. The monoisotopic (exact) mass is 575 g/mol. The highest BCUT2D eigenvalue weighted by Gasteiger charge is 2.25. The third-order valence-electron chi connectivity index (χ3n) is 7.21. The van der Waals surface area contributed by atoms with Crippen LogP contribution in [0.4, 0.5) is 5.69 Å². The van der Waals surface area contributed by atoms with Crippen molar-refractivity contribution in [3.8, 4) is 11.4 Å². The minimum absolute atomic E-state index is 0.0496. The summed E-state index contributed by atoms with van der Waals surface area (Å²) in [7, 11) is 0. The number of nitrogens with one attached hydrogen (secondary N) is 2. The van der Waals surface area contributed by atoms with Gasteiger partial charge >= 0.3 is 0 Å². The number of aromatic nitrogens is 4. The molecular weight excluding hydrogens is 542 g/mol. The second kappa shape index (κ2) is 13.6. The molecule has 2 heterocycles. The number of hydrogen-bond donors (Lipinski definition) is 2. The molecule has 2 N–H and O–H groups in total. The minimum atomic E-state index is -0.555. The summed E-state index contributed by atoms with van der Waals surface area (Å²) < 4.78 is 0. The average molecular weight is 576 g/mol. The van der Waals surface area contributed by atoms with E-state index in [1.807, 2.05) is 78.9 Å². The number of para-hydroxylation sites is 1. The minimum Gasteiger partial charge on any atom is -0.355 e. The van der Waals surface area contributed by atoms with Crippen LogP contribution in [0.2, 0.25) is 0 Å². The largest absolute Gasteiger partial charge is 0.355 e. The van der Waals surface area contributed by atoms with Gasteiger partial charge in [-0.05, 0) is 35.2 Å². The summed E-state index contributed by atoms with van der Waals surface area (Å²) in [5.41, 5.74) is 5.54. The van der Waals surface area contributed by atoms with Crippen LogP contribution >= 0.6 is 0 Å². The van der Waals surface area contributed by atoms with Crippen molar-refractivity contribution < 1.29 is 14.4 Å². The second-order valence-electron chi connectivity index (χ2n) is 10.5. The lowest BCUT2D eigenvalue weighted by Gasteiger charge is -2.28. The number of aryl methyl sites for hydroxylation is 1. The molecule has 3 aromatic carbocycles. The molecule has 1 aliphatic rings. The van der Waals surface area contributed by atoms with Crippen molar-refractivity contribution in [2.45, 2.75) is 39.8 Å². The molecule has 0 aliphatic carbocycles. The molecule has 1 atom stereocenters. The zero-order valence-electron chi connectivity index (χ0n) is 24.2. The molecule has 0 radical (unpaired) electrons. The van der Waals surface area contributed by atoms with E-state index in [-0.39, 0.29) is 37.1 Å². The van der Waals surface area contributed by atoms with E-state index in [1.54, 1.807) is 18.7 Å². The molecule has 218 valence electrons. The molecule has 0 spiro atoms. The van der Waals surface area contributed by atoms with Gasteiger partial charge in [-0.2, -0.15) is 0 Å². The Bertz CT molecular complexity index is 1640. The number of carbonyl (C=O) groups excluding carboxylic acids is 3. The maximum absolute atomic E-state index is 13.5. The standard InChI is InChI=1S/C33H33N7O3/c1-22(19-31(42)40-21-28-9-4-3-7-25(28)15-16-26-8-5-6-10-29(26)40)33(43)34-18-17-30(41)35-20-24-11-13-27(14-12-24)32-38-36-23(2)37-39-32/h3-16,22H,17-21H2,1-2H3,(H,34,43)(H,35,41)/b16-15-. The molecule has 3 amide bonds. The summed E-state index contributed by atoms with van der Waals surface area (Å²) in [6.07, 6.45) is 4.25. The lowest BCUT2D eigenvalue weighted by molar-refractivity contribution is -0.129. The lowest BCUT2D eigenvalue weighted by Crippen LogP contribution is -2.37. The zero-order chi connectivity index (χ0) is 30.2. The fourth-order valence-corrected chi connectivity index (χ4v) is 4.77. The lowest BCUT2D eigenvalue weighted by atomic mass is 9.99. The van der Waals surface area contributed by atoms with Gasteiger partial charge in [0.25, 0.3) is 0 Å². The van der Waals surface area contributed by atoms with E-state index >= 15 is 0 Å². The van der Waals surface area contributed by atoms with Crippen molar-refractivity contribution in [1.29, 1.82) is 0 Å². The Morgan fingerprint density at radius 2 is 1.51 bits per heavy atom. The number of rotatable bonds is 9. The van der Waals surface area contributed by atoms with E-state index in [4.69, 9.17) is 0 Å². The zero-order valence-corrected chi connectivity index (χ0v) is 24.2. The molecule has 4 aromatic rings. The fraction of sp³-hybridized carbons (Fsp3) is 0.242. The molecule has 5 rings (SSSR count). The van der Waals surface area contributed by atoms with Crippen LogP contribution in [-0.2, 0) is 27.5 Å². The summed E-state index contributed by atoms with van der Waals surface area (Å²) in [6.45, 7) is 4.39. The first-order chi connectivity index (χ1) is 20.9. The maximum atomic E-state index is 13.5. The van der Waals surface area contributed by atoms with Crippen molar-refractivity contribution >= 4 is 35.6 Å². The predicted octanol–water partition coefficient (Wildman–Crippen LogP) is 4.11. The molecule has 1 unspecified atom stereocenters. The Morgan fingerprint density at radius 3 is 2.28 bits per heavy atom. The van der Waals surface area contributed by atoms with E-state index in [2.05, 4.69) is 37.1 Å². The number of benzene rings is 3. The van der Waals surface area contributed by atoms with Gasteiger partial charge in [0.1, 0.15) is 0 Å². The van der Waals surface area contributed by atoms with Gasteiger partial charge in [0.15, 0.2) is 5.82 Å². The van der Waals surface area contributed by atoms with Crippen molar-refractivity contribution in [3.05, 3.63) is 101 Å². The summed E-state index contributed by atoms with van der Waals surface area (Å²) >= 11 is 0. The Kier molecular flexibility index (Phi) is 9.26. The van der Waals surface area contributed by atoms with Gasteiger partial charge in [-0.3, -0.25) is 14.4 Å². The molecule has 1 aromatic heterocycles. The molecule has 0 saturated carbocycles. The predicted molar refractivity (Wildman–Crippen MR) is 164 cm³/mol. The SMILES string of the molecule is Cc1nnc(-c2ccc(CNC(=O)CCNC(=O)C(C)CC(=O)N3Cc4ccccc4/C=C\c4ccccc43)cc2)nn1. The van der Waals surface area contributed by atoms with Gasteiger partial charge in [-0.1, -0.05) is 85.8 Å². The number of nitrogens with zero attached hydrogens (tertiary/aromatic N) is 5. The third-order valence-corrected chi connectivity index (χ3v) is 7.21. The molecule has 10 nitrogen and oxygen atoms in total. The maximum Gasteiger partial charge on any atom is 0.228 e. The highest BCUT2D eigenvalue weighted by molar-refractivity contribution is 5.99. The summed E-state index contributed by atoms with van der Waals surface area (Å²) in [6, 6.07) is 23.2. The number of anilines is 1. The van der Waals surface area contributed by atoms with Crippen LogP contribution in [0.1, 0.15) is 47.8 Å². The van der Waals surface area contributed by atoms with E-state index in [1.165, 1.54) is 0 Å². The normalized spacial score (nSPS) is 13.5. The van der Waals surface area contributed by atoms with Crippen LogP contribution in [0, 0.1) is 12.8 Å². The molecule has 1 aliphatic heterocycles. The smallest absolute Gasteiger partial charge is 0.228 e. The first kappa shape index (κ1) is 29.2. The van der Waals surface area contributed by atoms with Crippen LogP contribution in [0.5, 0.6) is 0 Å². The van der Waals surface area contributed by atoms with Crippen LogP contribution in [0.3, 0.4) is 0 Å². The molecule has 43 heavy (non-hydrogen) atoms. The Labute approximate surface area is 250 Å². The van der Waals surface area contributed by atoms with Crippen LogP contribution < -0.4 is 15.5 Å². The summed E-state index contributed by atoms with van der Waals surface area (Å²) in [5.74, 6) is -0.208. The van der Waals surface area contributed by atoms with Gasteiger partial charge in [0, 0.05) is 37.4 Å². The molecule has 10 heteroatoms. The second-order valence-corrected chi connectivity index (χ2v) is 10.5. The Balaban J connectivity index is 1.09. The number of fused-ring (bicyclic) bond motifs is 2. The number of hydrogen-bond acceptors (Lipinski definition) is 7. The summed E-state index contributed by atoms with van der Waals surface area (Å²) in [4.78, 5) is 40.5. The van der Waals surface area contributed by atoms with Crippen molar-refractivity contribution in [2.75, 3.05) is 11.4 Å². The van der Waals surface area contributed by atoms with Gasteiger partial charge in [-0.25, -0.2) is 0 Å². The van der Waals surface area contributed by atoms with Gasteiger partial charge in [-0.15, -0.1) is 20.4 Å². The van der Waals surface area contributed by atoms with E-state index in [0.717, 1.165) is 33.5 Å². The first-order valence-electron chi connectivity index (χ1n) is 14.2. The van der Waals surface area contributed by atoms with E-state index in [9.17, 15) is 14.4 Å². The van der Waals surface area contributed by atoms with E-state index in [0.29, 0.717) is 24.7 Å². The Morgan fingerprint density at radius 1 is 0.837 bits per heavy atom. The molecule has 0 saturated heterocycles. The molecular formula is C33H33N7O3. The highest BCUT2D eigenvalue weighted by atomic mass is 16.2. The van der Waals surface area contributed by atoms with Gasteiger partial charge in [0.2, 0.25) is 23.5 Å². The molecule has 0 fully saturated rings. The fourth-order valence-electron chi connectivity index (χ4n) is 4.77. The van der Waals surface area contributed by atoms with E-state index < -0.39 is 5.92 Å². The average Bonchev–Trinajstić information content (AvgIpc) is 3.01. The number of carbonyl (C=O) groups is 3. The van der Waals surface area contributed by atoms with Crippen LogP contribution in [-0.4, -0.2) is 44.7 Å². The summed E-state index contributed by atoms with van der Waals surface area (Å²) in [5, 5.41) is 21.5. The first-order valence-corrected chi connectivity index (χ1v) is 14.2. The van der Waals surface area contributed by atoms with Crippen LogP contribution in [0.15, 0.2) is 72.8 Å². The van der Waals surface area contributed by atoms with Gasteiger partial charge in [0.05, 0.1) is 12.2 Å². The van der Waals surface area contributed by atoms with Crippen molar-refractivity contribution in [1.82, 2.24) is 31.0 Å². The van der Waals surface area contributed by atoms with Gasteiger partial charge < -0.3 is 15.5 Å². The molecule has 0 bridgehead atoms. The van der Waals surface area contributed by atoms with Crippen LogP contribution in [0.25, 0.3) is 23.5 Å². The topological polar surface area (TPSA) is 130 Å². The quantitative estimate of drug-likeness (QED) is 0.307. The Hall–Kier alpha value is -5.25. The highest BCUT2D eigenvalue weighted by Crippen LogP contribution is 2.29. The van der Waals surface area contributed by atoms with Crippen molar-refractivity contribution in [2.24, 2.45) is 5.92 Å².